The molecule has 0 atom stereocenters. The van der Waals surface area contributed by atoms with E-state index in [4.69, 9.17) is 5.73 Å². The highest BCUT2D eigenvalue weighted by atomic mass is 15.2. The molecule has 19 heavy (non-hydrogen) atoms. The number of benzene rings is 1. The summed E-state index contributed by atoms with van der Waals surface area (Å²) in [6.45, 7) is 3.38. The summed E-state index contributed by atoms with van der Waals surface area (Å²) in [6, 6.07) is 9.00. The number of nitrogens with zero attached hydrogens (tertiary/aromatic N) is 2. The molecule has 0 bridgehead atoms. The van der Waals surface area contributed by atoms with Crippen LogP contribution in [0.4, 0.5) is 11.4 Å². The molecule has 1 aliphatic carbocycles. The fraction of sp³-hybridized carbons (Fsp3) is 0.438. The predicted molar refractivity (Wildman–Crippen MR) is 81.4 cm³/mol. The molecule has 1 saturated carbocycles. The van der Waals surface area contributed by atoms with Crippen molar-refractivity contribution < 1.29 is 0 Å². The van der Waals surface area contributed by atoms with Crippen molar-refractivity contribution in [3.8, 4) is 0 Å². The molecule has 3 nitrogen and oxygen atoms in total. The molecule has 0 unspecified atom stereocenters. The van der Waals surface area contributed by atoms with E-state index < -0.39 is 0 Å². The van der Waals surface area contributed by atoms with Gasteiger partial charge in [0.25, 0.3) is 0 Å². The van der Waals surface area contributed by atoms with Crippen LogP contribution in [0.1, 0.15) is 32.6 Å². The Labute approximate surface area is 114 Å². The monoisotopic (exact) mass is 255 g/mol. The zero-order valence-electron chi connectivity index (χ0n) is 11.5. The quantitative estimate of drug-likeness (QED) is 0.830. The minimum atomic E-state index is 0.721. The van der Waals surface area contributed by atoms with Gasteiger partial charge in [0, 0.05) is 29.9 Å². The molecule has 0 radical (unpaired) electrons. The van der Waals surface area contributed by atoms with Crippen LogP contribution in [0, 0.1) is 0 Å². The molecule has 1 heterocycles. The highest BCUT2D eigenvalue weighted by Crippen LogP contribution is 2.37. The minimum absolute atomic E-state index is 0.721. The van der Waals surface area contributed by atoms with Gasteiger partial charge in [0.2, 0.25) is 0 Å². The second-order valence-corrected chi connectivity index (χ2v) is 5.35. The number of aromatic nitrogens is 1. The third-order valence-corrected chi connectivity index (χ3v) is 3.83. The van der Waals surface area contributed by atoms with Crippen LogP contribution in [0.15, 0.2) is 30.5 Å². The van der Waals surface area contributed by atoms with Crippen LogP contribution in [-0.4, -0.2) is 17.6 Å². The molecule has 2 aromatic rings. The van der Waals surface area contributed by atoms with Crippen LogP contribution in [0.3, 0.4) is 0 Å². The Kier molecular flexibility index (Phi) is 3.28. The lowest BCUT2D eigenvalue weighted by molar-refractivity contribution is 0.715. The second kappa shape index (κ2) is 5.08. The molecule has 0 amide bonds. The average molecular weight is 255 g/mol. The van der Waals surface area contributed by atoms with Crippen LogP contribution < -0.4 is 10.6 Å². The summed E-state index contributed by atoms with van der Waals surface area (Å²) in [7, 11) is 0. The number of anilines is 2. The number of unbranched alkanes of at least 4 members (excludes halogenated alkanes) is 1. The largest absolute Gasteiger partial charge is 0.397 e. The molecule has 3 heteroatoms. The molecule has 1 aromatic heterocycles. The summed E-state index contributed by atoms with van der Waals surface area (Å²) in [5, 5.41) is 1.19. The molecule has 2 N–H and O–H groups in total. The predicted octanol–water partition coefficient (Wildman–Crippen LogP) is 3.59. The van der Waals surface area contributed by atoms with Crippen molar-refractivity contribution in [2.75, 3.05) is 17.2 Å². The first-order valence-corrected chi connectivity index (χ1v) is 7.21. The summed E-state index contributed by atoms with van der Waals surface area (Å²) in [5.74, 6) is 0. The maximum atomic E-state index is 6.04. The van der Waals surface area contributed by atoms with Gasteiger partial charge >= 0.3 is 0 Å². The number of rotatable bonds is 5. The van der Waals surface area contributed by atoms with Gasteiger partial charge in [-0.1, -0.05) is 13.3 Å². The van der Waals surface area contributed by atoms with Crippen LogP contribution in [0.2, 0.25) is 0 Å². The van der Waals surface area contributed by atoms with Gasteiger partial charge in [-0.25, -0.2) is 0 Å². The van der Waals surface area contributed by atoms with Crippen LogP contribution in [-0.2, 0) is 0 Å². The molecule has 100 valence electrons. The number of pyridine rings is 1. The Morgan fingerprint density at radius 1 is 1.32 bits per heavy atom. The van der Waals surface area contributed by atoms with E-state index in [1.165, 1.54) is 36.8 Å². The zero-order valence-corrected chi connectivity index (χ0v) is 11.5. The summed E-state index contributed by atoms with van der Waals surface area (Å²) >= 11 is 0. The molecular formula is C16H21N3. The van der Waals surface area contributed by atoms with E-state index in [1.54, 1.807) is 0 Å². The van der Waals surface area contributed by atoms with Crippen LogP contribution in [0.25, 0.3) is 10.9 Å². The molecule has 1 fully saturated rings. The van der Waals surface area contributed by atoms with Gasteiger partial charge in [-0.05, 0) is 43.5 Å². The van der Waals surface area contributed by atoms with Crippen molar-refractivity contribution in [2.45, 2.75) is 38.6 Å². The van der Waals surface area contributed by atoms with Gasteiger partial charge in [0.15, 0.2) is 0 Å². The lowest BCUT2D eigenvalue weighted by atomic mass is 10.1. The lowest BCUT2D eigenvalue weighted by Crippen LogP contribution is -2.27. The number of fused-ring (bicyclic) bond motifs is 1. The standard InChI is InChI=1S/C16H21N3/c1-2-3-11-19(12-6-7-12)15-9-8-14(17)16-13(15)5-4-10-18-16/h4-5,8-10,12H,2-3,6-7,11,17H2,1H3. The van der Waals surface area contributed by atoms with E-state index in [0.29, 0.717) is 0 Å². The third-order valence-electron chi connectivity index (χ3n) is 3.83. The first-order valence-electron chi connectivity index (χ1n) is 7.21. The van der Waals surface area contributed by atoms with Crippen molar-refractivity contribution in [1.29, 1.82) is 0 Å². The maximum absolute atomic E-state index is 6.04. The number of nitrogens with two attached hydrogens (primary N) is 1. The molecule has 1 aromatic carbocycles. The zero-order chi connectivity index (χ0) is 13.2. The van der Waals surface area contributed by atoms with Gasteiger partial charge in [0.1, 0.15) is 0 Å². The number of hydrogen-bond acceptors (Lipinski definition) is 3. The van der Waals surface area contributed by atoms with E-state index in [2.05, 4.69) is 28.9 Å². The van der Waals surface area contributed by atoms with Gasteiger partial charge in [-0.3, -0.25) is 4.98 Å². The van der Waals surface area contributed by atoms with E-state index in [9.17, 15) is 0 Å². The van der Waals surface area contributed by atoms with Gasteiger partial charge < -0.3 is 10.6 Å². The summed E-state index contributed by atoms with van der Waals surface area (Å²) in [5.41, 5.74) is 9.04. The van der Waals surface area contributed by atoms with E-state index in [-0.39, 0.29) is 0 Å². The molecular weight excluding hydrogens is 234 g/mol. The Balaban J connectivity index is 2.05. The maximum Gasteiger partial charge on any atom is 0.0951 e. The molecule has 3 rings (SSSR count). The third kappa shape index (κ3) is 2.37. The van der Waals surface area contributed by atoms with Gasteiger partial charge in [-0.2, -0.15) is 0 Å². The molecule has 0 aliphatic heterocycles. The normalized spacial score (nSPS) is 14.8. The number of nitrogen functional groups attached to an aromatic ring is 1. The van der Waals surface area contributed by atoms with Crippen LogP contribution in [0.5, 0.6) is 0 Å². The van der Waals surface area contributed by atoms with Crippen molar-refractivity contribution >= 4 is 22.3 Å². The lowest BCUT2D eigenvalue weighted by Gasteiger charge is -2.26. The van der Waals surface area contributed by atoms with Crippen LogP contribution >= 0.6 is 0 Å². The topological polar surface area (TPSA) is 42.1 Å². The van der Waals surface area contributed by atoms with Crippen molar-refractivity contribution in [3.05, 3.63) is 30.5 Å². The fourth-order valence-electron chi connectivity index (χ4n) is 2.64. The highest BCUT2D eigenvalue weighted by Gasteiger charge is 2.29. The van der Waals surface area contributed by atoms with Gasteiger partial charge in [-0.15, -0.1) is 0 Å². The fourth-order valence-corrected chi connectivity index (χ4v) is 2.64. The Hall–Kier alpha value is -1.77. The van der Waals surface area contributed by atoms with E-state index in [1.807, 2.05) is 18.3 Å². The van der Waals surface area contributed by atoms with Crippen molar-refractivity contribution in [1.82, 2.24) is 4.98 Å². The first-order chi connectivity index (χ1) is 9.31. The summed E-state index contributed by atoms with van der Waals surface area (Å²) in [6.07, 6.45) is 6.92. The average Bonchev–Trinajstić information content (AvgIpc) is 3.26. The Morgan fingerprint density at radius 3 is 2.89 bits per heavy atom. The summed E-state index contributed by atoms with van der Waals surface area (Å²) in [4.78, 5) is 6.98. The Bertz CT molecular complexity index is 575. The van der Waals surface area contributed by atoms with Crippen molar-refractivity contribution in [2.24, 2.45) is 0 Å². The van der Waals surface area contributed by atoms with Crippen molar-refractivity contribution in [3.63, 3.8) is 0 Å². The smallest absolute Gasteiger partial charge is 0.0951 e. The van der Waals surface area contributed by atoms with E-state index in [0.717, 1.165) is 23.8 Å². The minimum Gasteiger partial charge on any atom is -0.397 e. The molecule has 1 aliphatic rings. The second-order valence-electron chi connectivity index (χ2n) is 5.35. The summed E-state index contributed by atoms with van der Waals surface area (Å²) < 4.78 is 0. The molecule has 0 spiro atoms. The SMILES string of the molecule is CCCCN(c1ccc(N)c2ncccc12)C1CC1. The highest BCUT2D eigenvalue weighted by molar-refractivity contribution is 5.98. The van der Waals surface area contributed by atoms with E-state index >= 15 is 0 Å². The van der Waals surface area contributed by atoms with Gasteiger partial charge in [0.05, 0.1) is 11.2 Å². The Morgan fingerprint density at radius 2 is 2.16 bits per heavy atom. The number of hydrogen-bond donors (Lipinski definition) is 1. The molecule has 0 saturated heterocycles. The first kappa shape index (κ1) is 12.3.